The largest absolute Gasteiger partial charge is 0.309 e. The molecule has 0 saturated heterocycles. The Labute approximate surface area is 87.6 Å². The van der Waals surface area contributed by atoms with E-state index in [4.69, 9.17) is 0 Å². The van der Waals surface area contributed by atoms with Crippen LogP contribution in [0.15, 0.2) is 42.0 Å². The van der Waals surface area contributed by atoms with Gasteiger partial charge >= 0.3 is 0 Å². The molecule has 3 heteroatoms. The monoisotopic (exact) mass is 204 g/mol. The zero-order valence-electron chi connectivity index (χ0n) is 7.97. The van der Waals surface area contributed by atoms with Gasteiger partial charge in [0.2, 0.25) is 0 Å². The topological polar surface area (TPSA) is 24.9 Å². The lowest BCUT2D eigenvalue weighted by Crippen LogP contribution is -2.16. The van der Waals surface area contributed by atoms with E-state index in [-0.39, 0.29) is 6.04 Å². The normalized spacial score (nSPS) is 12.6. The number of nitrogens with zero attached hydrogens (tertiary/aromatic N) is 1. The van der Waals surface area contributed by atoms with Crippen LogP contribution in [0.5, 0.6) is 0 Å². The summed E-state index contributed by atoms with van der Waals surface area (Å²) in [6.07, 6.45) is 3.70. The molecule has 0 radical (unpaired) electrons. The van der Waals surface area contributed by atoms with Crippen LogP contribution in [0.1, 0.15) is 16.5 Å². The molecule has 0 aliphatic heterocycles. The van der Waals surface area contributed by atoms with Gasteiger partial charge in [0.1, 0.15) is 0 Å². The van der Waals surface area contributed by atoms with E-state index in [0.717, 1.165) is 0 Å². The summed E-state index contributed by atoms with van der Waals surface area (Å²) in [4.78, 5) is 5.45. The third-order valence-electron chi connectivity index (χ3n) is 2.13. The first-order chi connectivity index (χ1) is 6.92. The molecule has 1 atom stereocenters. The Kier molecular flexibility index (Phi) is 2.91. The van der Waals surface area contributed by atoms with Crippen molar-refractivity contribution in [2.75, 3.05) is 7.05 Å². The van der Waals surface area contributed by atoms with E-state index in [9.17, 15) is 0 Å². The standard InChI is InChI=1S/C11H12N2S/c1-12-11(10-5-3-7-14-10)9-4-2-6-13-8-9/h2-8,11-12H,1H3. The van der Waals surface area contributed by atoms with Gasteiger partial charge in [-0.15, -0.1) is 11.3 Å². The van der Waals surface area contributed by atoms with E-state index < -0.39 is 0 Å². The van der Waals surface area contributed by atoms with Gasteiger partial charge < -0.3 is 5.32 Å². The van der Waals surface area contributed by atoms with Crippen molar-refractivity contribution in [1.82, 2.24) is 10.3 Å². The molecule has 2 nitrogen and oxygen atoms in total. The first-order valence-electron chi connectivity index (χ1n) is 4.52. The Morgan fingerprint density at radius 1 is 1.36 bits per heavy atom. The SMILES string of the molecule is CNC(c1cccnc1)c1cccs1. The van der Waals surface area contributed by atoms with Crippen LogP contribution in [-0.4, -0.2) is 12.0 Å². The van der Waals surface area contributed by atoms with E-state index in [1.807, 2.05) is 19.3 Å². The van der Waals surface area contributed by atoms with Crippen LogP contribution < -0.4 is 5.32 Å². The molecule has 1 N–H and O–H groups in total. The molecule has 0 aliphatic rings. The second-order valence-corrected chi connectivity index (χ2v) is 4.00. The minimum absolute atomic E-state index is 0.267. The van der Waals surface area contributed by atoms with Crippen LogP contribution in [0.4, 0.5) is 0 Å². The van der Waals surface area contributed by atoms with Gasteiger partial charge in [-0.25, -0.2) is 0 Å². The van der Waals surface area contributed by atoms with E-state index >= 15 is 0 Å². The summed E-state index contributed by atoms with van der Waals surface area (Å²) >= 11 is 1.76. The first kappa shape index (κ1) is 9.37. The predicted molar refractivity (Wildman–Crippen MR) is 59.5 cm³/mol. The summed E-state index contributed by atoms with van der Waals surface area (Å²) in [6, 6.07) is 8.53. The predicted octanol–water partition coefficient (Wildman–Crippen LogP) is 2.45. The molecule has 0 aromatic carbocycles. The summed E-state index contributed by atoms with van der Waals surface area (Å²) in [5.41, 5.74) is 1.21. The highest BCUT2D eigenvalue weighted by Crippen LogP contribution is 2.24. The van der Waals surface area contributed by atoms with Gasteiger partial charge in [0.15, 0.2) is 0 Å². The van der Waals surface area contributed by atoms with Crippen LogP contribution in [-0.2, 0) is 0 Å². The molecule has 72 valence electrons. The molecule has 0 fully saturated rings. The van der Waals surface area contributed by atoms with Crippen LogP contribution in [0.3, 0.4) is 0 Å². The Hall–Kier alpha value is -1.19. The highest BCUT2D eigenvalue weighted by molar-refractivity contribution is 7.10. The molecule has 2 aromatic heterocycles. The van der Waals surface area contributed by atoms with Crippen LogP contribution in [0, 0.1) is 0 Å². The van der Waals surface area contributed by atoms with Crippen molar-refractivity contribution in [2.45, 2.75) is 6.04 Å². The molecular weight excluding hydrogens is 192 g/mol. The van der Waals surface area contributed by atoms with Gasteiger partial charge in [-0.1, -0.05) is 12.1 Å². The van der Waals surface area contributed by atoms with Gasteiger partial charge in [-0.2, -0.15) is 0 Å². The molecule has 0 amide bonds. The molecule has 2 rings (SSSR count). The fourth-order valence-corrected chi connectivity index (χ4v) is 2.34. The van der Waals surface area contributed by atoms with Gasteiger partial charge in [0.25, 0.3) is 0 Å². The Morgan fingerprint density at radius 2 is 2.29 bits per heavy atom. The minimum atomic E-state index is 0.267. The number of hydrogen-bond acceptors (Lipinski definition) is 3. The third kappa shape index (κ3) is 1.84. The number of rotatable bonds is 3. The van der Waals surface area contributed by atoms with Crippen molar-refractivity contribution in [3.63, 3.8) is 0 Å². The van der Waals surface area contributed by atoms with E-state index in [0.29, 0.717) is 0 Å². The van der Waals surface area contributed by atoms with Crippen LogP contribution >= 0.6 is 11.3 Å². The highest BCUT2D eigenvalue weighted by Gasteiger charge is 2.11. The maximum atomic E-state index is 4.13. The third-order valence-corrected chi connectivity index (χ3v) is 3.07. The summed E-state index contributed by atoms with van der Waals surface area (Å²) < 4.78 is 0. The van der Waals surface area contributed by atoms with Gasteiger partial charge in [-0.3, -0.25) is 4.98 Å². The Bertz CT molecular complexity index is 369. The first-order valence-corrected chi connectivity index (χ1v) is 5.40. The molecule has 2 heterocycles. The maximum absolute atomic E-state index is 4.13. The fourth-order valence-electron chi connectivity index (χ4n) is 1.48. The average Bonchev–Trinajstić information content (AvgIpc) is 2.74. The van der Waals surface area contributed by atoms with Crippen molar-refractivity contribution in [2.24, 2.45) is 0 Å². The summed E-state index contributed by atoms with van der Waals surface area (Å²) in [6.45, 7) is 0. The van der Waals surface area contributed by atoms with Crippen LogP contribution in [0.25, 0.3) is 0 Å². The summed E-state index contributed by atoms with van der Waals surface area (Å²) in [7, 11) is 1.97. The van der Waals surface area contributed by atoms with E-state index in [1.165, 1.54) is 10.4 Å². The second kappa shape index (κ2) is 4.35. The summed E-state index contributed by atoms with van der Waals surface area (Å²) in [5, 5.41) is 5.38. The van der Waals surface area contributed by atoms with Crippen molar-refractivity contribution in [3.05, 3.63) is 52.5 Å². The van der Waals surface area contributed by atoms with Crippen molar-refractivity contribution in [3.8, 4) is 0 Å². The zero-order valence-corrected chi connectivity index (χ0v) is 8.79. The minimum Gasteiger partial charge on any atom is -0.309 e. The molecule has 0 saturated carbocycles. The lowest BCUT2D eigenvalue weighted by atomic mass is 10.1. The fraction of sp³-hybridized carbons (Fsp3) is 0.182. The number of thiophene rings is 1. The number of hydrogen-bond donors (Lipinski definition) is 1. The van der Waals surface area contributed by atoms with Gasteiger partial charge in [0, 0.05) is 17.3 Å². The van der Waals surface area contributed by atoms with Crippen molar-refractivity contribution < 1.29 is 0 Å². The molecule has 2 aromatic rings. The number of pyridine rings is 1. The quantitative estimate of drug-likeness (QED) is 0.830. The highest BCUT2D eigenvalue weighted by atomic mass is 32.1. The lowest BCUT2D eigenvalue weighted by molar-refractivity contribution is 0.700. The van der Waals surface area contributed by atoms with Gasteiger partial charge in [0.05, 0.1) is 6.04 Å². The van der Waals surface area contributed by atoms with E-state index in [2.05, 4.69) is 33.9 Å². The Balaban J connectivity index is 2.31. The van der Waals surface area contributed by atoms with Gasteiger partial charge in [-0.05, 0) is 30.1 Å². The molecule has 0 spiro atoms. The number of nitrogens with one attached hydrogen (secondary N) is 1. The molecular formula is C11H12N2S. The average molecular weight is 204 g/mol. The summed E-state index contributed by atoms with van der Waals surface area (Å²) in [5.74, 6) is 0. The van der Waals surface area contributed by atoms with E-state index in [1.54, 1.807) is 17.5 Å². The maximum Gasteiger partial charge on any atom is 0.0683 e. The smallest absolute Gasteiger partial charge is 0.0683 e. The Morgan fingerprint density at radius 3 is 2.86 bits per heavy atom. The number of aromatic nitrogens is 1. The molecule has 0 bridgehead atoms. The zero-order chi connectivity index (χ0) is 9.80. The molecule has 14 heavy (non-hydrogen) atoms. The van der Waals surface area contributed by atoms with Crippen molar-refractivity contribution >= 4 is 11.3 Å². The van der Waals surface area contributed by atoms with Crippen molar-refractivity contribution in [1.29, 1.82) is 0 Å². The molecule has 0 aliphatic carbocycles. The van der Waals surface area contributed by atoms with Crippen LogP contribution in [0.2, 0.25) is 0 Å². The lowest BCUT2D eigenvalue weighted by Gasteiger charge is -2.13. The second-order valence-electron chi connectivity index (χ2n) is 3.02. The molecule has 1 unspecified atom stereocenters.